The molecule has 0 aromatic heterocycles. The van der Waals surface area contributed by atoms with Crippen LogP contribution < -0.4 is 0 Å². The summed E-state index contributed by atoms with van der Waals surface area (Å²) in [6.07, 6.45) is 3.26. The number of hydrogen-bond donors (Lipinski definition) is 3. The fourth-order valence-corrected chi connectivity index (χ4v) is 5.83. The van der Waals surface area contributed by atoms with Gasteiger partial charge in [0.1, 0.15) is 12.7 Å². The molecule has 0 spiro atoms. The van der Waals surface area contributed by atoms with E-state index in [-0.39, 0.29) is 36.0 Å². The van der Waals surface area contributed by atoms with E-state index in [4.69, 9.17) is 14.6 Å². The molecule has 2 aliphatic carbocycles. The lowest BCUT2D eigenvalue weighted by atomic mass is 9.46. The Morgan fingerprint density at radius 3 is 2.60 bits per heavy atom. The van der Waals surface area contributed by atoms with Crippen molar-refractivity contribution in [2.45, 2.75) is 58.2 Å². The van der Waals surface area contributed by atoms with Gasteiger partial charge in [0.15, 0.2) is 0 Å². The zero-order chi connectivity index (χ0) is 22.3. The molecule has 6 atom stereocenters. The zero-order valence-electron chi connectivity index (χ0n) is 17.4. The van der Waals surface area contributed by atoms with Gasteiger partial charge in [-0.1, -0.05) is 32.1 Å². The number of carboxylic acids is 1. The zero-order valence-corrected chi connectivity index (χ0v) is 17.4. The number of aliphatic carboxylic acids is 1. The van der Waals surface area contributed by atoms with Crippen LogP contribution >= 0.6 is 0 Å². The van der Waals surface area contributed by atoms with Crippen LogP contribution in [0.15, 0.2) is 23.8 Å². The monoisotopic (exact) mass is 422 g/mol. The summed E-state index contributed by atoms with van der Waals surface area (Å²) >= 11 is 0. The number of carboxylic acid groups (broad SMARTS) is 1. The van der Waals surface area contributed by atoms with Crippen molar-refractivity contribution >= 4 is 17.9 Å². The van der Waals surface area contributed by atoms with Crippen LogP contribution in [0.3, 0.4) is 0 Å². The van der Waals surface area contributed by atoms with E-state index in [2.05, 4.69) is 13.5 Å². The third kappa shape index (κ3) is 3.78. The second-order valence-electron chi connectivity index (χ2n) is 9.26. The van der Waals surface area contributed by atoms with Gasteiger partial charge in [-0.3, -0.25) is 0 Å². The van der Waals surface area contributed by atoms with Crippen molar-refractivity contribution in [3.8, 4) is 0 Å². The number of fused-ring (bicyclic) bond motifs is 1. The lowest BCUT2D eigenvalue weighted by Crippen LogP contribution is -2.57. The van der Waals surface area contributed by atoms with E-state index in [0.717, 1.165) is 24.8 Å². The lowest BCUT2D eigenvalue weighted by molar-refractivity contribution is -0.181. The second kappa shape index (κ2) is 8.15. The average molecular weight is 422 g/mol. The number of allylic oxidation sites excluding steroid dienone is 2. The summed E-state index contributed by atoms with van der Waals surface area (Å²) in [5.74, 6) is -3.52. The summed E-state index contributed by atoms with van der Waals surface area (Å²) in [4.78, 5) is 34.2. The largest absolute Gasteiger partial charge is 0.473 e. The van der Waals surface area contributed by atoms with E-state index in [1.54, 1.807) is 6.08 Å². The maximum absolute atomic E-state index is 11.8. The van der Waals surface area contributed by atoms with Gasteiger partial charge in [-0.2, -0.15) is 0 Å². The minimum atomic E-state index is -1.66. The van der Waals surface area contributed by atoms with Crippen LogP contribution in [0.5, 0.6) is 0 Å². The van der Waals surface area contributed by atoms with Crippen molar-refractivity contribution in [3.05, 3.63) is 23.8 Å². The van der Waals surface area contributed by atoms with E-state index >= 15 is 0 Å². The van der Waals surface area contributed by atoms with Gasteiger partial charge in [-0.15, -0.1) is 0 Å². The molecule has 2 saturated carbocycles. The third-order valence-corrected chi connectivity index (χ3v) is 7.58. The molecule has 1 saturated heterocycles. The Labute approximate surface area is 175 Å². The molecule has 0 amide bonds. The van der Waals surface area contributed by atoms with Gasteiger partial charge in [0.05, 0.1) is 18.3 Å². The van der Waals surface area contributed by atoms with Crippen LogP contribution in [0.1, 0.15) is 46.0 Å². The predicted molar refractivity (Wildman–Crippen MR) is 105 cm³/mol. The number of carbonyl (C=O) groups is 3. The molecule has 3 rings (SSSR count). The van der Waals surface area contributed by atoms with Crippen LogP contribution in [0, 0.1) is 22.7 Å². The van der Waals surface area contributed by atoms with E-state index < -0.39 is 35.5 Å². The molecule has 8 nitrogen and oxygen atoms in total. The molecule has 1 aliphatic heterocycles. The molecule has 3 aliphatic rings. The minimum Gasteiger partial charge on any atom is -0.473 e. The number of cyclic esters (lactones) is 1. The highest BCUT2D eigenvalue weighted by atomic mass is 16.6. The first-order chi connectivity index (χ1) is 14.0. The number of rotatable bonds is 4. The Morgan fingerprint density at radius 1 is 1.30 bits per heavy atom. The number of carbonyl (C=O) groups excluding carboxylic acids is 2. The molecule has 0 unspecified atom stereocenters. The van der Waals surface area contributed by atoms with Gasteiger partial charge >= 0.3 is 17.9 Å². The summed E-state index contributed by atoms with van der Waals surface area (Å²) < 4.78 is 9.90. The molecule has 166 valence electrons. The number of ether oxygens (including phenoxy) is 2. The van der Waals surface area contributed by atoms with Crippen molar-refractivity contribution in [1.82, 2.24) is 0 Å². The van der Waals surface area contributed by atoms with Crippen LogP contribution in [-0.4, -0.2) is 58.6 Å². The standard InChI is InChI=1S/C22H30O8/c1-12-4-7-16-21(2,14(12)6-5-13-15(23)10-29-19(13)27)9-8-17(24)22(16,3)11-30-20(28)18(25)26/h5,14-17,23-24H,1,4,6-11H2,2-3H3,(H,25,26)/b13-5+/t14-,15+,16+,17-,21-,22-/m0/s1. The highest BCUT2D eigenvalue weighted by Crippen LogP contribution is 2.61. The molecule has 0 aromatic rings. The predicted octanol–water partition coefficient (Wildman–Crippen LogP) is 1.60. The van der Waals surface area contributed by atoms with Gasteiger partial charge in [0.25, 0.3) is 0 Å². The fourth-order valence-electron chi connectivity index (χ4n) is 5.83. The first-order valence-corrected chi connectivity index (χ1v) is 10.3. The summed E-state index contributed by atoms with van der Waals surface area (Å²) in [5.41, 5.74) is 0.231. The van der Waals surface area contributed by atoms with Crippen LogP contribution in [-0.2, 0) is 23.9 Å². The molecule has 8 heteroatoms. The van der Waals surface area contributed by atoms with Crippen molar-refractivity contribution in [1.29, 1.82) is 0 Å². The Kier molecular flexibility index (Phi) is 6.11. The highest BCUT2D eigenvalue weighted by molar-refractivity contribution is 6.28. The average Bonchev–Trinajstić information content (AvgIpc) is 3.00. The van der Waals surface area contributed by atoms with Crippen molar-refractivity contribution in [2.75, 3.05) is 13.2 Å². The Hall–Kier alpha value is -2.19. The molecule has 3 fully saturated rings. The Balaban J connectivity index is 1.86. The van der Waals surface area contributed by atoms with E-state index in [1.165, 1.54) is 0 Å². The summed E-state index contributed by atoms with van der Waals surface area (Å²) in [6, 6.07) is 0. The molecule has 0 radical (unpaired) electrons. The summed E-state index contributed by atoms with van der Waals surface area (Å²) in [5, 5.41) is 29.6. The van der Waals surface area contributed by atoms with Crippen LogP contribution in [0.25, 0.3) is 0 Å². The minimum absolute atomic E-state index is 0.00588. The van der Waals surface area contributed by atoms with E-state index in [1.807, 2.05) is 6.92 Å². The van der Waals surface area contributed by atoms with Crippen molar-refractivity contribution < 1.29 is 39.2 Å². The normalized spacial score (nSPS) is 40.1. The number of hydrogen-bond acceptors (Lipinski definition) is 7. The van der Waals surface area contributed by atoms with Gasteiger partial charge in [-0.05, 0) is 49.4 Å². The van der Waals surface area contributed by atoms with Crippen LogP contribution in [0.2, 0.25) is 0 Å². The van der Waals surface area contributed by atoms with Gasteiger partial charge in [-0.25, -0.2) is 14.4 Å². The van der Waals surface area contributed by atoms with Crippen LogP contribution in [0.4, 0.5) is 0 Å². The maximum Gasteiger partial charge on any atom is 0.417 e. The van der Waals surface area contributed by atoms with E-state index in [0.29, 0.717) is 12.8 Å². The topological polar surface area (TPSA) is 130 Å². The number of aliphatic hydroxyl groups is 2. The lowest BCUT2D eigenvalue weighted by Gasteiger charge is -2.60. The molecule has 0 aromatic carbocycles. The molecule has 3 N–H and O–H groups in total. The summed E-state index contributed by atoms with van der Waals surface area (Å²) in [6.45, 7) is 8.00. The molecule has 0 bridgehead atoms. The van der Waals surface area contributed by atoms with Crippen molar-refractivity contribution in [3.63, 3.8) is 0 Å². The van der Waals surface area contributed by atoms with E-state index in [9.17, 15) is 24.6 Å². The third-order valence-electron chi connectivity index (χ3n) is 7.58. The second-order valence-corrected chi connectivity index (χ2v) is 9.26. The maximum atomic E-state index is 11.8. The SMILES string of the molecule is C=C1CC[C@H]2[C@](C)(COC(=O)C(=O)O)[C@@H](O)CC[C@@]2(C)[C@H]1C/C=C1/C(=O)OC[C@H]1O. The first kappa shape index (κ1) is 22.5. The number of aliphatic hydroxyl groups excluding tert-OH is 2. The quantitative estimate of drug-likeness (QED) is 0.270. The smallest absolute Gasteiger partial charge is 0.417 e. The fraction of sp³-hybridized carbons (Fsp3) is 0.682. The molecule has 30 heavy (non-hydrogen) atoms. The number of esters is 2. The Morgan fingerprint density at radius 2 is 2.00 bits per heavy atom. The summed E-state index contributed by atoms with van der Waals surface area (Å²) in [7, 11) is 0. The van der Waals surface area contributed by atoms with Gasteiger partial charge in [0, 0.05) is 5.41 Å². The first-order valence-electron chi connectivity index (χ1n) is 10.3. The van der Waals surface area contributed by atoms with Gasteiger partial charge in [0.2, 0.25) is 0 Å². The Bertz CT molecular complexity index is 786. The highest BCUT2D eigenvalue weighted by Gasteiger charge is 2.58. The van der Waals surface area contributed by atoms with Crippen molar-refractivity contribution in [2.24, 2.45) is 22.7 Å². The molecular formula is C22H30O8. The molecule has 1 heterocycles. The van der Waals surface area contributed by atoms with Gasteiger partial charge < -0.3 is 24.8 Å². The molecular weight excluding hydrogens is 392 g/mol.